The van der Waals surface area contributed by atoms with Crippen LogP contribution in [0.5, 0.6) is 0 Å². The Labute approximate surface area is 152 Å². The van der Waals surface area contributed by atoms with Crippen LogP contribution in [0.25, 0.3) is 0 Å². The molecule has 3 nitrogen and oxygen atoms in total. The van der Waals surface area contributed by atoms with Crippen LogP contribution in [0.3, 0.4) is 0 Å². The first-order valence-electron chi connectivity index (χ1n) is 7.49. The lowest BCUT2D eigenvalue weighted by Gasteiger charge is -2.42. The molecule has 3 saturated heterocycles. The highest BCUT2D eigenvalue weighted by Crippen LogP contribution is 2.58. The van der Waals surface area contributed by atoms with Crippen molar-refractivity contribution in [2.24, 2.45) is 0 Å². The number of nitrogens with zero attached hydrogens (tertiary/aromatic N) is 2. The Balaban J connectivity index is 0.000000225. The number of thioether (sulfide) groups is 3. The van der Waals surface area contributed by atoms with Crippen molar-refractivity contribution in [2.75, 3.05) is 73.8 Å². The summed E-state index contributed by atoms with van der Waals surface area (Å²) in [5, 5.41) is 3.26. The molecular formula is C12H26N3PS5. The Hall–Kier alpha value is 1.93. The van der Waals surface area contributed by atoms with Gasteiger partial charge in [0.15, 0.2) is 0 Å². The largest absolute Gasteiger partial charge is 0.315 e. The van der Waals surface area contributed by atoms with Gasteiger partial charge in [-0.05, 0) is 0 Å². The van der Waals surface area contributed by atoms with E-state index in [2.05, 4.69) is 14.7 Å². The van der Waals surface area contributed by atoms with Crippen LogP contribution in [0.4, 0.5) is 0 Å². The van der Waals surface area contributed by atoms with Gasteiger partial charge < -0.3 is 5.32 Å². The molecule has 3 aliphatic rings. The van der Waals surface area contributed by atoms with Crippen molar-refractivity contribution in [3.63, 3.8) is 0 Å². The quantitative estimate of drug-likeness (QED) is 0.538. The maximum absolute atomic E-state index is 5.79. The summed E-state index contributed by atoms with van der Waals surface area (Å²) in [6.45, 7) is 6.96. The second-order valence-electron chi connectivity index (χ2n) is 5.01. The Morgan fingerprint density at radius 3 is 1.43 bits per heavy atom. The van der Waals surface area contributed by atoms with Crippen LogP contribution in [0, 0.1) is 0 Å². The van der Waals surface area contributed by atoms with Crippen LogP contribution in [-0.2, 0) is 11.8 Å². The SMILES string of the molecule is C1CSCCN1.S=P(S)(N1CCSCC1)N1CCSCC1. The smallest absolute Gasteiger partial charge is 0.129 e. The highest BCUT2D eigenvalue weighted by Gasteiger charge is 2.30. The van der Waals surface area contributed by atoms with Crippen molar-refractivity contribution in [3.05, 3.63) is 0 Å². The van der Waals surface area contributed by atoms with E-state index < -0.39 is 5.54 Å². The molecule has 0 atom stereocenters. The molecule has 9 heteroatoms. The highest BCUT2D eigenvalue weighted by molar-refractivity contribution is 8.61. The molecule has 0 radical (unpaired) electrons. The lowest BCUT2D eigenvalue weighted by molar-refractivity contribution is 0.431. The van der Waals surface area contributed by atoms with E-state index >= 15 is 0 Å². The normalized spacial score (nSPS) is 26.0. The molecule has 0 aromatic carbocycles. The summed E-state index contributed by atoms with van der Waals surface area (Å²) in [6.07, 6.45) is 0. The average molecular weight is 404 g/mol. The molecule has 0 aromatic heterocycles. The van der Waals surface area contributed by atoms with Crippen LogP contribution in [0.15, 0.2) is 0 Å². The topological polar surface area (TPSA) is 18.5 Å². The van der Waals surface area contributed by atoms with Gasteiger partial charge in [0.1, 0.15) is 5.54 Å². The van der Waals surface area contributed by atoms with Crippen molar-refractivity contribution in [1.29, 1.82) is 0 Å². The second kappa shape index (κ2) is 10.7. The molecule has 3 rings (SSSR count). The van der Waals surface area contributed by atoms with E-state index in [9.17, 15) is 0 Å². The first-order valence-corrected chi connectivity index (χ1v) is 14.8. The van der Waals surface area contributed by atoms with E-state index in [-0.39, 0.29) is 0 Å². The number of rotatable bonds is 2. The van der Waals surface area contributed by atoms with Gasteiger partial charge in [-0.1, -0.05) is 11.8 Å². The molecule has 0 bridgehead atoms. The van der Waals surface area contributed by atoms with Crippen LogP contribution >= 0.6 is 53.1 Å². The van der Waals surface area contributed by atoms with Crippen molar-refractivity contribution in [3.8, 4) is 0 Å². The minimum Gasteiger partial charge on any atom is -0.315 e. The summed E-state index contributed by atoms with van der Waals surface area (Å²) < 4.78 is 4.91. The van der Waals surface area contributed by atoms with Crippen LogP contribution in [0.1, 0.15) is 0 Å². The van der Waals surface area contributed by atoms with Crippen LogP contribution in [-0.4, -0.2) is 83.1 Å². The molecule has 0 aliphatic carbocycles. The molecule has 0 unspecified atom stereocenters. The molecule has 124 valence electrons. The summed E-state index contributed by atoms with van der Waals surface area (Å²) in [4.78, 5) is 0. The van der Waals surface area contributed by atoms with Gasteiger partial charge in [-0.3, -0.25) is 9.34 Å². The van der Waals surface area contributed by atoms with Gasteiger partial charge in [-0.15, -0.1) is 12.2 Å². The fourth-order valence-electron chi connectivity index (χ4n) is 2.32. The third-order valence-corrected chi connectivity index (χ3v) is 11.6. The molecule has 1 N–H and O–H groups in total. The van der Waals surface area contributed by atoms with Gasteiger partial charge in [-0.25, -0.2) is 0 Å². The number of nitrogens with one attached hydrogen (secondary N) is 1. The zero-order valence-corrected chi connectivity index (χ0v) is 17.5. The molecule has 3 fully saturated rings. The molecular weight excluding hydrogens is 377 g/mol. The Morgan fingerprint density at radius 2 is 1.14 bits per heavy atom. The summed E-state index contributed by atoms with van der Waals surface area (Å²) in [6, 6.07) is 0. The summed E-state index contributed by atoms with van der Waals surface area (Å²) >= 11 is 16.7. The van der Waals surface area contributed by atoms with Crippen molar-refractivity contribution in [2.45, 2.75) is 0 Å². The standard InChI is InChI=1S/C8H17N2PS4.C4H9NS/c12-11(13,9-1-5-14-6-2-9)10-3-7-15-8-4-10;1-3-6-4-2-5-1/h1-8H2,(H,12,13);5H,1-4H2. The number of hydrogen-bond acceptors (Lipinski definition) is 5. The third kappa shape index (κ3) is 6.75. The van der Waals surface area contributed by atoms with E-state index in [1.54, 1.807) is 0 Å². The summed E-state index contributed by atoms with van der Waals surface area (Å²) in [5.74, 6) is 7.51. The zero-order valence-electron chi connectivity index (χ0n) is 12.4. The molecule has 3 heterocycles. The van der Waals surface area contributed by atoms with Gasteiger partial charge in [0.05, 0.1) is 0 Å². The molecule has 0 saturated carbocycles. The lowest BCUT2D eigenvalue weighted by Crippen LogP contribution is -2.38. The number of hydrogen-bond donors (Lipinski definition) is 2. The Bertz CT molecular complexity index is 297. The molecule has 0 spiro atoms. The van der Waals surface area contributed by atoms with E-state index in [1.807, 2.05) is 35.3 Å². The average Bonchev–Trinajstić information content (AvgIpc) is 2.59. The zero-order chi connectivity index (χ0) is 15.0. The fourth-order valence-corrected chi connectivity index (χ4v) is 9.31. The summed E-state index contributed by atoms with van der Waals surface area (Å²) in [5.41, 5.74) is -1.68. The second-order valence-corrected chi connectivity index (χ2v) is 14.9. The van der Waals surface area contributed by atoms with Crippen molar-refractivity contribution in [1.82, 2.24) is 14.7 Å². The fraction of sp³-hybridized carbons (Fsp3) is 1.00. The van der Waals surface area contributed by atoms with Crippen molar-refractivity contribution >= 4 is 64.9 Å². The van der Waals surface area contributed by atoms with Gasteiger partial charge >= 0.3 is 0 Å². The van der Waals surface area contributed by atoms with E-state index in [4.69, 9.17) is 24.1 Å². The van der Waals surface area contributed by atoms with Crippen LogP contribution in [0.2, 0.25) is 0 Å². The predicted octanol–water partition coefficient (Wildman–Crippen LogP) is 2.56. The minimum absolute atomic E-state index is 1.13. The van der Waals surface area contributed by atoms with E-state index in [0.29, 0.717) is 0 Å². The molecule has 0 amide bonds. The van der Waals surface area contributed by atoms with Gasteiger partial charge in [0.2, 0.25) is 0 Å². The first kappa shape index (κ1) is 19.3. The first-order chi connectivity index (χ1) is 10.2. The molecule has 3 aliphatic heterocycles. The monoisotopic (exact) mass is 403 g/mol. The maximum Gasteiger partial charge on any atom is 0.129 e. The van der Waals surface area contributed by atoms with Gasteiger partial charge in [0, 0.05) is 73.8 Å². The van der Waals surface area contributed by atoms with E-state index in [0.717, 1.165) is 26.2 Å². The Morgan fingerprint density at radius 1 is 0.762 bits per heavy atom. The van der Waals surface area contributed by atoms with Crippen molar-refractivity contribution < 1.29 is 0 Å². The van der Waals surface area contributed by atoms with Crippen LogP contribution < -0.4 is 5.32 Å². The predicted molar refractivity (Wildman–Crippen MR) is 111 cm³/mol. The molecule has 21 heavy (non-hydrogen) atoms. The van der Waals surface area contributed by atoms with E-state index in [1.165, 1.54) is 47.6 Å². The highest BCUT2D eigenvalue weighted by atomic mass is 32.9. The number of thiol groups is 1. The maximum atomic E-state index is 5.79. The third-order valence-electron chi connectivity index (χ3n) is 3.56. The Kier molecular flexibility index (Phi) is 9.83. The molecule has 0 aromatic rings. The van der Waals surface area contributed by atoms with Gasteiger partial charge in [0.25, 0.3) is 0 Å². The summed E-state index contributed by atoms with van der Waals surface area (Å²) in [7, 11) is 0. The van der Waals surface area contributed by atoms with Gasteiger partial charge in [-0.2, -0.15) is 35.3 Å². The minimum atomic E-state index is -1.68. The lowest BCUT2D eigenvalue weighted by atomic mass is 10.6.